The Morgan fingerprint density at radius 1 is 1.60 bits per heavy atom. The number of halogens is 1. The number of hydrogen-bond acceptors (Lipinski definition) is 5. The van der Waals surface area contributed by atoms with Crippen LogP contribution in [0.25, 0.3) is 0 Å². The average molecular weight is 252 g/mol. The summed E-state index contributed by atoms with van der Waals surface area (Å²) in [6.07, 6.45) is 1.41. The molecule has 0 radical (unpaired) electrons. The minimum atomic E-state index is -3.71. The Morgan fingerprint density at radius 2 is 2.33 bits per heavy atom. The fourth-order valence-corrected chi connectivity index (χ4v) is 3.04. The first-order valence-electron chi connectivity index (χ1n) is 4.50. The molecule has 0 saturated carbocycles. The van der Waals surface area contributed by atoms with E-state index in [1.165, 1.54) is 4.31 Å². The van der Waals surface area contributed by atoms with E-state index in [1.54, 1.807) is 6.92 Å². The molecular weight excluding hydrogens is 242 g/mol. The van der Waals surface area contributed by atoms with Crippen LogP contribution in [-0.2, 0) is 9.24 Å². The molecule has 1 aromatic heterocycles. The summed E-state index contributed by atoms with van der Waals surface area (Å²) in [6, 6.07) is -0.409. The summed E-state index contributed by atoms with van der Waals surface area (Å²) in [4.78, 5) is 4.01. The van der Waals surface area contributed by atoms with Gasteiger partial charge in [-0.15, -0.1) is 0 Å². The van der Waals surface area contributed by atoms with Gasteiger partial charge < -0.3 is 4.52 Å². The number of aromatic nitrogens is 2. The summed E-state index contributed by atoms with van der Waals surface area (Å²) in [6.45, 7) is 2.08. The normalized spacial score (nSPS) is 23.5. The van der Waals surface area contributed by atoms with Crippen LogP contribution in [0.1, 0.15) is 30.6 Å². The van der Waals surface area contributed by atoms with Gasteiger partial charge in [0.15, 0.2) is 5.82 Å². The maximum atomic E-state index is 11.2. The molecule has 0 spiro atoms. The van der Waals surface area contributed by atoms with Crippen LogP contribution in [0.3, 0.4) is 0 Å². The molecule has 6 nitrogen and oxygen atoms in total. The Balaban J connectivity index is 2.30. The molecule has 1 aliphatic rings. The molecule has 0 bridgehead atoms. The van der Waals surface area contributed by atoms with Crippen molar-refractivity contribution < 1.29 is 12.9 Å². The molecule has 1 atom stereocenters. The van der Waals surface area contributed by atoms with Crippen LogP contribution < -0.4 is 0 Å². The molecule has 1 unspecified atom stereocenters. The van der Waals surface area contributed by atoms with Crippen molar-refractivity contribution >= 4 is 19.9 Å². The van der Waals surface area contributed by atoms with Crippen molar-refractivity contribution in [2.75, 3.05) is 6.54 Å². The van der Waals surface area contributed by atoms with E-state index in [9.17, 15) is 8.42 Å². The zero-order valence-electron chi connectivity index (χ0n) is 8.05. The van der Waals surface area contributed by atoms with Gasteiger partial charge in [0.1, 0.15) is 6.04 Å². The van der Waals surface area contributed by atoms with Gasteiger partial charge >= 0.3 is 9.24 Å². The van der Waals surface area contributed by atoms with Crippen LogP contribution in [0.15, 0.2) is 4.52 Å². The summed E-state index contributed by atoms with van der Waals surface area (Å²) >= 11 is 0. The average Bonchev–Trinajstić information content (AvgIpc) is 2.68. The van der Waals surface area contributed by atoms with Crippen LogP contribution in [0, 0.1) is 6.92 Å². The Hall–Kier alpha value is -0.660. The van der Waals surface area contributed by atoms with E-state index in [2.05, 4.69) is 10.1 Å². The minimum Gasteiger partial charge on any atom is -0.338 e. The lowest BCUT2D eigenvalue weighted by Gasteiger charge is -2.16. The van der Waals surface area contributed by atoms with Crippen LogP contribution in [0.4, 0.5) is 0 Å². The van der Waals surface area contributed by atoms with Gasteiger partial charge in [0.05, 0.1) is 0 Å². The standard InChI is InChI=1S/C7H10ClN3O3S/c1-5-9-7(14-10-5)6-3-2-4-11(6)15(8,12)13/h6H,2-4H2,1H3. The summed E-state index contributed by atoms with van der Waals surface area (Å²) in [7, 11) is 1.59. The molecule has 0 aliphatic carbocycles. The number of aryl methyl sites for hydroxylation is 1. The second kappa shape index (κ2) is 3.73. The molecule has 0 amide bonds. The second-order valence-electron chi connectivity index (χ2n) is 3.39. The van der Waals surface area contributed by atoms with Crippen molar-refractivity contribution in [2.45, 2.75) is 25.8 Å². The second-order valence-corrected chi connectivity index (χ2v) is 5.85. The highest BCUT2D eigenvalue weighted by atomic mass is 35.7. The molecule has 15 heavy (non-hydrogen) atoms. The number of rotatable bonds is 2. The third-order valence-electron chi connectivity index (χ3n) is 2.31. The molecule has 0 N–H and O–H groups in total. The molecule has 0 aromatic carbocycles. The van der Waals surface area contributed by atoms with Gasteiger partial charge in [-0.2, -0.15) is 17.7 Å². The lowest BCUT2D eigenvalue weighted by molar-refractivity contribution is 0.292. The topological polar surface area (TPSA) is 76.3 Å². The largest absolute Gasteiger partial charge is 0.338 e. The van der Waals surface area contributed by atoms with E-state index < -0.39 is 15.3 Å². The first kappa shape index (κ1) is 10.8. The molecule has 1 aromatic rings. The maximum Gasteiger partial charge on any atom is 0.300 e. The first-order chi connectivity index (χ1) is 6.98. The molecule has 1 fully saturated rings. The predicted octanol–water partition coefficient (Wildman–Crippen LogP) is 0.999. The van der Waals surface area contributed by atoms with Crippen LogP contribution in [0.2, 0.25) is 0 Å². The Bertz CT molecular complexity index is 458. The van der Waals surface area contributed by atoms with E-state index in [0.717, 1.165) is 6.42 Å². The smallest absolute Gasteiger partial charge is 0.300 e. The maximum absolute atomic E-state index is 11.2. The quantitative estimate of drug-likeness (QED) is 0.733. The van der Waals surface area contributed by atoms with Gasteiger partial charge in [0.25, 0.3) is 0 Å². The van der Waals surface area contributed by atoms with Crippen molar-refractivity contribution in [3.05, 3.63) is 11.7 Å². The van der Waals surface area contributed by atoms with E-state index in [1.807, 2.05) is 0 Å². The molecule has 1 aliphatic heterocycles. The van der Waals surface area contributed by atoms with Gasteiger partial charge in [0, 0.05) is 17.2 Å². The lowest BCUT2D eigenvalue weighted by atomic mass is 10.2. The van der Waals surface area contributed by atoms with E-state index in [4.69, 9.17) is 15.2 Å². The molecule has 8 heteroatoms. The van der Waals surface area contributed by atoms with Crippen molar-refractivity contribution in [2.24, 2.45) is 0 Å². The lowest BCUT2D eigenvalue weighted by Crippen LogP contribution is -2.26. The third kappa shape index (κ3) is 2.14. The van der Waals surface area contributed by atoms with Crippen LogP contribution in [0.5, 0.6) is 0 Å². The van der Waals surface area contributed by atoms with Crippen LogP contribution in [-0.4, -0.2) is 29.4 Å². The minimum absolute atomic E-state index is 0.314. The highest BCUT2D eigenvalue weighted by molar-refractivity contribution is 8.11. The third-order valence-corrected chi connectivity index (χ3v) is 3.84. The van der Waals surface area contributed by atoms with Crippen molar-refractivity contribution in [3.63, 3.8) is 0 Å². The molecule has 2 heterocycles. The molecular formula is C7H10ClN3O3S. The molecule has 2 rings (SSSR count). The van der Waals surface area contributed by atoms with Crippen molar-refractivity contribution in [1.82, 2.24) is 14.4 Å². The summed E-state index contributed by atoms with van der Waals surface area (Å²) in [5.74, 6) is 0.804. The number of hydrogen-bond donors (Lipinski definition) is 0. The van der Waals surface area contributed by atoms with Gasteiger partial charge in [-0.25, -0.2) is 0 Å². The zero-order chi connectivity index (χ0) is 11.1. The fraction of sp³-hybridized carbons (Fsp3) is 0.714. The SMILES string of the molecule is Cc1noc(C2CCCN2S(=O)(=O)Cl)n1. The Labute approximate surface area is 91.8 Å². The summed E-state index contributed by atoms with van der Waals surface area (Å²) in [5, 5.41) is 3.63. The molecule has 1 saturated heterocycles. The Kier molecular flexibility index (Phi) is 2.70. The van der Waals surface area contributed by atoms with Gasteiger partial charge in [0.2, 0.25) is 5.89 Å². The highest BCUT2D eigenvalue weighted by Gasteiger charge is 2.37. The van der Waals surface area contributed by atoms with Crippen molar-refractivity contribution in [3.8, 4) is 0 Å². The Morgan fingerprint density at radius 3 is 2.87 bits per heavy atom. The predicted molar refractivity (Wildman–Crippen MR) is 52.5 cm³/mol. The van der Waals surface area contributed by atoms with Gasteiger partial charge in [-0.1, -0.05) is 5.16 Å². The molecule has 84 valence electrons. The van der Waals surface area contributed by atoms with Gasteiger partial charge in [-0.3, -0.25) is 0 Å². The zero-order valence-corrected chi connectivity index (χ0v) is 9.62. The van der Waals surface area contributed by atoms with E-state index in [0.29, 0.717) is 24.7 Å². The summed E-state index contributed by atoms with van der Waals surface area (Å²) < 4.78 is 28.6. The van der Waals surface area contributed by atoms with Crippen molar-refractivity contribution in [1.29, 1.82) is 0 Å². The van der Waals surface area contributed by atoms with E-state index in [-0.39, 0.29) is 0 Å². The van der Waals surface area contributed by atoms with Gasteiger partial charge in [-0.05, 0) is 19.8 Å². The first-order valence-corrected chi connectivity index (χ1v) is 6.77. The monoisotopic (exact) mass is 251 g/mol. The van der Waals surface area contributed by atoms with Crippen LogP contribution >= 0.6 is 10.7 Å². The fourth-order valence-electron chi connectivity index (χ4n) is 1.70. The highest BCUT2D eigenvalue weighted by Crippen LogP contribution is 2.34. The summed E-state index contributed by atoms with van der Waals surface area (Å²) in [5.41, 5.74) is 0. The number of nitrogens with zero attached hydrogens (tertiary/aromatic N) is 3. The van der Waals surface area contributed by atoms with E-state index >= 15 is 0 Å².